The minimum absolute atomic E-state index is 0.0149. The second-order valence-corrected chi connectivity index (χ2v) is 6.23. The second-order valence-electron chi connectivity index (χ2n) is 5.79. The predicted molar refractivity (Wildman–Crippen MR) is 89.9 cm³/mol. The fourth-order valence-electron chi connectivity index (χ4n) is 2.51. The molecule has 1 aromatic rings. The maximum absolute atomic E-state index is 12.7. The monoisotopic (exact) mass is 324 g/mol. The van der Waals surface area contributed by atoms with Crippen LogP contribution in [-0.4, -0.2) is 55.5 Å². The van der Waals surface area contributed by atoms with Gasteiger partial charge in [-0.05, 0) is 31.7 Å². The van der Waals surface area contributed by atoms with E-state index in [0.717, 1.165) is 45.4 Å². The Kier molecular flexibility index (Phi) is 6.52. The number of hydrogen-bond acceptors (Lipinski definition) is 3. The van der Waals surface area contributed by atoms with Crippen molar-refractivity contribution in [3.63, 3.8) is 0 Å². The van der Waals surface area contributed by atoms with Crippen LogP contribution in [0.25, 0.3) is 0 Å². The Morgan fingerprint density at radius 3 is 2.64 bits per heavy atom. The maximum atomic E-state index is 12.7. The molecule has 4 nitrogen and oxygen atoms in total. The first-order chi connectivity index (χ1) is 10.6. The van der Waals surface area contributed by atoms with E-state index in [2.05, 4.69) is 18.9 Å². The molecule has 1 aliphatic heterocycles. The number of likely N-dealkylation sites (N-methyl/N-ethyl adjacent to an activating group) is 1. The molecule has 1 fully saturated rings. The molecular formula is C17H25ClN2O2. The van der Waals surface area contributed by atoms with Crippen molar-refractivity contribution in [2.24, 2.45) is 0 Å². The molecule has 0 N–H and O–H groups in total. The Hall–Kier alpha value is -1.26. The molecule has 0 unspecified atom stereocenters. The smallest absolute Gasteiger partial charge is 0.257 e. The van der Waals surface area contributed by atoms with E-state index >= 15 is 0 Å². The molecule has 0 spiro atoms. The van der Waals surface area contributed by atoms with Crippen molar-refractivity contribution in [3.05, 3.63) is 28.8 Å². The summed E-state index contributed by atoms with van der Waals surface area (Å²) < 4.78 is 5.81. The molecule has 0 aromatic heterocycles. The molecule has 0 saturated carbocycles. The number of halogens is 1. The van der Waals surface area contributed by atoms with Gasteiger partial charge in [-0.15, -0.1) is 0 Å². The van der Waals surface area contributed by atoms with E-state index in [1.54, 1.807) is 18.2 Å². The lowest BCUT2D eigenvalue weighted by Crippen LogP contribution is -2.47. The van der Waals surface area contributed by atoms with Crippen LogP contribution in [0.15, 0.2) is 18.2 Å². The fourth-order valence-corrected chi connectivity index (χ4v) is 2.68. The van der Waals surface area contributed by atoms with Gasteiger partial charge in [-0.1, -0.05) is 31.4 Å². The number of amides is 1. The first-order valence-corrected chi connectivity index (χ1v) is 8.39. The topological polar surface area (TPSA) is 32.8 Å². The molecule has 0 radical (unpaired) electrons. The first kappa shape index (κ1) is 17.1. The lowest BCUT2D eigenvalue weighted by Gasteiger charge is -2.32. The number of benzene rings is 1. The van der Waals surface area contributed by atoms with Crippen molar-refractivity contribution in [1.82, 2.24) is 9.80 Å². The van der Waals surface area contributed by atoms with Gasteiger partial charge >= 0.3 is 0 Å². The average Bonchev–Trinajstić information content (AvgIpc) is 2.53. The molecule has 1 amide bonds. The molecule has 122 valence electrons. The number of hydrogen-bond donors (Lipinski definition) is 0. The SMILES string of the molecule is CCCCCOc1ccc(Cl)cc1C(=O)N1CCN(C)CC1. The van der Waals surface area contributed by atoms with Crippen LogP contribution < -0.4 is 4.74 Å². The van der Waals surface area contributed by atoms with E-state index in [1.807, 2.05) is 4.90 Å². The van der Waals surface area contributed by atoms with Gasteiger partial charge in [0.15, 0.2) is 0 Å². The largest absolute Gasteiger partial charge is 0.493 e. The van der Waals surface area contributed by atoms with Crippen molar-refractivity contribution in [2.45, 2.75) is 26.2 Å². The fraction of sp³-hybridized carbons (Fsp3) is 0.588. The number of ether oxygens (including phenoxy) is 1. The van der Waals surface area contributed by atoms with E-state index < -0.39 is 0 Å². The zero-order valence-corrected chi connectivity index (χ0v) is 14.2. The third-order valence-electron chi connectivity index (χ3n) is 3.97. The highest BCUT2D eigenvalue weighted by Gasteiger charge is 2.23. The first-order valence-electron chi connectivity index (χ1n) is 8.02. The normalized spacial score (nSPS) is 15.9. The lowest BCUT2D eigenvalue weighted by atomic mass is 10.1. The van der Waals surface area contributed by atoms with E-state index in [0.29, 0.717) is 22.9 Å². The van der Waals surface area contributed by atoms with Crippen molar-refractivity contribution in [2.75, 3.05) is 39.8 Å². The Balaban J connectivity index is 2.07. The number of carbonyl (C=O) groups excluding carboxylic acids is 1. The third-order valence-corrected chi connectivity index (χ3v) is 4.20. The molecular weight excluding hydrogens is 300 g/mol. The second kappa shape index (κ2) is 8.39. The molecule has 0 atom stereocenters. The molecule has 0 aliphatic carbocycles. The van der Waals surface area contributed by atoms with E-state index in [-0.39, 0.29) is 5.91 Å². The van der Waals surface area contributed by atoms with Crippen LogP contribution in [0.2, 0.25) is 5.02 Å². The van der Waals surface area contributed by atoms with Crippen molar-refractivity contribution in [1.29, 1.82) is 0 Å². The lowest BCUT2D eigenvalue weighted by molar-refractivity contribution is 0.0659. The Morgan fingerprint density at radius 1 is 1.23 bits per heavy atom. The zero-order chi connectivity index (χ0) is 15.9. The number of carbonyl (C=O) groups is 1. The standard InChI is InChI=1S/C17H25ClN2O2/c1-3-4-5-12-22-16-7-6-14(18)13-15(16)17(21)20-10-8-19(2)9-11-20/h6-7,13H,3-5,8-12H2,1-2H3. The highest BCUT2D eigenvalue weighted by molar-refractivity contribution is 6.31. The Labute approximate surface area is 138 Å². The van der Waals surface area contributed by atoms with Gasteiger partial charge in [0.2, 0.25) is 0 Å². The third kappa shape index (κ3) is 4.62. The van der Waals surface area contributed by atoms with E-state index in [9.17, 15) is 4.79 Å². The van der Waals surface area contributed by atoms with Gasteiger partial charge in [-0.2, -0.15) is 0 Å². The Bertz CT molecular complexity index is 499. The summed E-state index contributed by atoms with van der Waals surface area (Å²) in [6, 6.07) is 5.30. The zero-order valence-electron chi connectivity index (χ0n) is 13.5. The van der Waals surface area contributed by atoms with Crippen LogP contribution in [0.1, 0.15) is 36.5 Å². The van der Waals surface area contributed by atoms with Crippen LogP contribution in [0, 0.1) is 0 Å². The van der Waals surface area contributed by atoms with Gasteiger partial charge < -0.3 is 14.5 Å². The summed E-state index contributed by atoms with van der Waals surface area (Å²) in [6.45, 7) is 6.09. The van der Waals surface area contributed by atoms with Gasteiger partial charge in [0, 0.05) is 31.2 Å². The maximum Gasteiger partial charge on any atom is 0.257 e. The van der Waals surface area contributed by atoms with Crippen molar-refractivity contribution >= 4 is 17.5 Å². The average molecular weight is 325 g/mol. The number of rotatable bonds is 6. The summed E-state index contributed by atoms with van der Waals surface area (Å²) in [7, 11) is 2.07. The number of unbranched alkanes of at least 4 members (excludes halogenated alkanes) is 2. The quantitative estimate of drug-likeness (QED) is 0.753. The predicted octanol–water partition coefficient (Wildman–Crippen LogP) is 3.30. The summed E-state index contributed by atoms with van der Waals surface area (Å²) in [5, 5.41) is 0.568. The summed E-state index contributed by atoms with van der Waals surface area (Å²) in [5.74, 6) is 0.658. The molecule has 0 bridgehead atoms. The summed E-state index contributed by atoms with van der Waals surface area (Å²) in [6.07, 6.45) is 3.29. The van der Waals surface area contributed by atoms with Crippen molar-refractivity contribution in [3.8, 4) is 5.75 Å². The minimum atomic E-state index is 0.0149. The minimum Gasteiger partial charge on any atom is -0.493 e. The summed E-state index contributed by atoms with van der Waals surface area (Å²) >= 11 is 6.07. The van der Waals surface area contributed by atoms with Crippen LogP contribution in [0.4, 0.5) is 0 Å². The molecule has 5 heteroatoms. The van der Waals surface area contributed by atoms with Crippen LogP contribution in [0.5, 0.6) is 5.75 Å². The number of nitrogens with zero attached hydrogens (tertiary/aromatic N) is 2. The van der Waals surface area contributed by atoms with Crippen molar-refractivity contribution < 1.29 is 9.53 Å². The van der Waals surface area contributed by atoms with E-state index in [4.69, 9.17) is 16.3 Å². The van der Waals surface area contributed by atoms with Gasteiger partial charge in [0.1, 0.15) is 5.75 Å². The molecule has 22 heavy (non-hydrogen) atoms. The highest BCUT2D eigenvalue weighted by atomic mass is 35.5. The Morgan fingerprint density at radius 2 is 1.95 bits per heavy atom. The van der Waals surface area contributed by atoms with Gasteiger partial charge in [0.05, 0.1) is 12.2 Å². The highest BCUT2D eigenvalue weighted by Crippen LogP contribution is 2.25. The van der Waals surface area contributed by atoms with Gasteiger partial charge in [-0.25, -0.2) is 0 Å². The molecule has 1 aromatic carbocycles. The van der Waals surface area contributed by atoms with E-state index in [1.165, 1.54) is 0 Å². The molecule has 2 rings (SSSR count). The summed E-state index contributed by atoms with van der Waals surface area (Å²) in [4.78, 5) is 16.8. The van der Waals surface area contributed by atoms with Gasteiger partial charge in [-0.3, -0.25) is 4.79 Å². The van der Waals surface area contributed by atoms with Crippen LogP contribution >= 0.6 is 11.6 Å². The molecule has 1 aliphatic rings. The molecule has 1 saturated heterocycles. The van der Waals surface area contributed by atoms with Crippen LogP contribution in [-0.2, 0) is 0 Å². The van der Waals surface area contributed by atoms with Crippen LogP contribution in [0.3, 0.4) is 0 Å². The molecule has 1 heterocycles. The summed E-state index contributed by atoms with van der Waals surface area (Å²) in [5.41, 5.74) is 0.577. The number of piperazine rings is 1. The van der Waals surface area contributed by atoms with Gasteiger partial charge in [0.25, 0.3) is 5.91 Å².